The van der Waals surface area contributed by atoms with Crippen LogP contribution in [0.4, 0.5) is 10.1 Å². The lowest BCUT2D eigenvalue weighted by atomic mass is 10.1. The van der Waals surface area contributed by atoms with Gasteiger partial charge in [0.2, 0.25) is 0 Å². The molecule has 9 heteroatoms. The van der Waals surface area contributed by atoms with Crippen molar-refractivity contribution in [2.45, 2.75) is 13.5 Å². The van der Waals surface area contributed by atoms with Gasteiger partial charge in [0.05, 0.1) is 16.7 Å². The number of aromatic amines is 1. The lowest BCUT2D eigenvalue weighted by Crippen LogP contribution is -2.46. The monoisotopic (exact) mass is 462 g/mol. The van der Waals surface area contributed by atoms with Gasteiger partial charge in [-0.1, -0.05) is 0 Å². The Morgan fingerprint density at radius 2 is 1.97 bits per heavy atom. The molecule has 4 heterocycles. The van der Waals surface area contributed by atoms with Gasteiger partial charge in [0.1, 0.15) is 11.3 Å². The standard InChI is InChI=1S/C25H27FN6O2/c1-3-29(2)24(33)18-6-7-21(19(26)14-18)31-11-9-30(10-12-31)16-17-13-20-23(27-15-17)22-5-4-8-32(22)25(34)28-20/h4-8,13-15H,3,9-12,16H2,1-2H3,(H,28,34). The van der Waals surface area contributed by atoms with Crippen LogP contribution < -0.4 is 10.6 Å². The number of benzene rings is 1. The number of nitrogens with one attached hydrogen (secondary N) is 1. The van der Waals surface area contributed by atoms with Crippen molar-refractivity contribution < 1.29 is 9.18 Å². The molecule has 0 aliphatic carbocycles. The molecule has 0 saturated carbocycles. The van der Waals surface area contributed by atoms with E-state index in [1.165, 1.54) is 6.07 Å². The highest BCUT2D eigenvalue weighted by molar-refractivity contribution is 5.94. The number of carbonyl (C=O) groups is 1. The largest absolute Gasteiger partial charge is 0.367 e. The van der Waals surface area contributed by atoms with Gasteiger partial charge in [-0.15, -0.1) is 0 Å². The maximum Gasteiger partial charge on any atom is 0.330 e. The number of pyridine rings is 1. The van der Waals surface area contributed by atoms with E-state index in [1.807, 2.05) is 36.2 Å². The van der Waals surface area contributed by atoms with Crippen molar-refractivity contribution >= 4 is 28.1 Å². The minimum absolute atomic E-state index is 0.180. The zero-order valence-electron chi connectivity index (χ0n) is 19.3. The molecule has 0 bridgehead atoms. The van der Waals surface area contributed by atoms with Crippen LogP contribution >= 0.6 is 0 Å². The van der Waals surface area contributed by atoms with Crippen LogP contribution in [0, 0.1) is 5.82 Å². The van der Waals surface area contributed by atoms with Crippen molar-refractivity contribution in [1.82, 2.24) is 24.2 Å². The molecule has 1 fully saturated rings. The van der Waals surface area contributed by atoms with Crippen LogP contribution in [-0.4, -0.2) is 69.8 Å². The van der Waals surface area contributed by atoms with Crippen LogP contribution in [0.5, 0.6) is 0 Å². The number of hydrogen-bond acceptors (Lipinski definition) is 5. The van der Waals surface area contributed by atoms with Gasteiger partial charge in [0.15, 0.2) is 0 Å². The van der Waals surface area contributed by atoms with Crippen LogP contribution in [-0.2, 0) is 6.54 Å². The summed E-state index contributed by atoms with van der Waals surface area (Å²) in [4.78, 5) is 37.9. The van der Waals surface area contributed by atoms with Gasteiger partial charge in [-0.2, -0.15) is 0 Å². The van der Waals surface area contributed by atoms with Gasteiger partial charge in [0, 0.05) is 64.3 Å². The minimum Gasteiger partial charge on any atom is -0.367 e. The third-order valence-electron chi connectivity index (χ3n) is 6.53. The zero-order chi connectivity index (χ0) is 23.8. The number of fused-ring (bicyclic) bond motifs is 3. The zero-order valence-corrected chi connectivity index (χ0v) is 19.3. The average Bonchev–Trinajstić information content (AvgIpc) is 3.34. The molecular weight excluding hydrogens is 435 g/mol. The fraction of sp³-hybridized carbons (Fsp3) is 0.320. The van der Waals surface area contributed by atoms with Crippen LogP contribution in [0.2, 0.25) is 0 Å². The lowest BCUT2D eigenvalue weighted by Gasteiger charge is -2.36. The van der Waals surface area contributed by atoms with E-state index in [-0.39, 0.29) is 17.4 Å². The van der Waals surface area contributed by atoms with Crippen molar-refractivity contribution in [2.75, 3.05) is 44.7 Å². The van der Waals surface area contributed by atoms with Gasteiger partial charge in [-0.25, -0.2) is 9.18 Å². The van der Waals surface area contributed by atoms with Crippen molar-refractivity contribution in [1.29, 1.82) is 0 Å². The predicted molar refractivity (Wildman–Crippen MR) is 130 cm³/mol. The fourth-order valence-corrected chi connectivity index (χ4v) is 4.49. The number of H-pyrrole nitrogens is 1. The Labute approximate surface area is 196 Å². The molecular formula is C25H27FN6O2. The normalized spacial score (nSPS) is 14.7. The number of hydrogen-bond donors (Lipinski definition) is 1. The summed E-state index contributed by atoms with van der Waals surface area (Å²) >= 11 is 0. The summed E-state index contributed by atoms with van der Waals surface area (Å²) in [5.74, 6) is -0.552. The third-order valence-corrected chi connectivity index (χ3v) is 6.53. The van der Waals surface area contributed by atoms with Crippen molar-refractivity contribution in [3.8, 4) is 0 Å². The Balaban J connectivity index is 1.26. The molecule has 4 aromatic rings. The highest BCUT2D eigenvalue weighted by atomic mass is 19.1. The fourth-order valence-electron chi connectivity index (χ4n) is 4.49. The molecule has 34 heavy (non-hydrogen) atoms. The molecule has 176 valence electrons. The molecule has 0 atom stereocenters. The first-order valence-electron chi connectivity index (χ1n) is 11.4. The first kappa shape index (κ1) is 22.1. The summed E-state index contributed by atoms with van der Waals surface area (Å²) in [6, 6.07) is 10.4. The number of amides is 1. The molecule has 1 saturated heterocycles. The number of anilines is 1. The highest BCUT2D eigenvalue weighted by Gasteiger charge is 2.21. The van der Waals surface area contributed by atoms with E-state index in [1.54, 1.807) is 34.7 Å². The number of aromatic nitrogens is 3. The Morgan fingerprint density at radius 3 is 2.71 bits per heavy atom. The Morgan fingerprint density at radius 1 is 1.18 bits per heavy atom. The second kappa shape index (κ2) is 8.90. The number of rotatable bonds is 5. The number of halogens is 1. The minimum atomic E-state index is -0.372. The van der Waals surface area contributed by atoms with E-state index >= 15 is 0 Å². The Kier molecular flexibility index (Phi) is 5.79. The maximum absolute atomic E-state index is 14.8. The topological polar surface area (TPSA) is 77.0 Å². The molecule has 3 aromatic heterocycles. The van der Waals surface area contributed by atoms with E-state index in [9.17, 15) is 14.0 Å². The van der Waals surface area contributed by atoms with Crippen molar-refractivity contribution in [3.63, 3.8) is 0 Å². The van der Waals surface area contributed by atoms with E-state index in [0.29, 0.717) is 37.4 Å². The molecule has 1 aliphatic rings. The SMILES string of the molecule is CCN(C)C(=O)c1ccc(N2CCN(Cc3cnc4c(c3)[nH]c(=O)n3cccc43)CC2)c(F)c1. The summed E-state index contributed by atoms with van der Waals surface area (Å²) < 4.78 is 16.4. The van der Waals surface area contributed by atoms with Crippen LogP contribution in [0.15, 0.2) is 53.6 Å². The first-order chi connectivity index (χ1) is 16.4. The number of piperazine rings is 1. The molecule has 1 aliphatic heterocycles. The van der Waals surface area contributed by atoms with Gasteiger partial charge < -0.3 is 14.8 Å². The van der Waals surface area contributed by atoms with Gasteiger partial charge in [-0.3, -0.25) is 19.1 Å². The van der Waals surface area contributed by atoms with E-state index in [4.69, 9.17) is 0 Å². The van der Waals surface area contributed by atoms with Gasteiger partial charge >= 0.3 is 5.69 Å². The molecule has 0 radical (unpaired) electrons. The van der Waals surface area contributed by atoms with Crippen LogP contribution in [0.25, 0.3) is 16.6 Å². The molecule has 1 N–H and O–H groups in total. The van der Waals surface area contributed by atoms with E-state index in [0.717, 1.165) is 35.2 Å². The van der Waals surface area contributed by atoms with Crippen molar-refractivity contribution in [3.05, 3.63) is 76.2 Å². The first-order valence-corrected chi connectivity index (χ1v) is 11.4. The highest BCUT2D eigenvalue weighted by Crippen LogP contribution is 2.23. The van der Waals surface area contributed by atoms with E-state index in [2.05, 4.69) is 14.9 Å². The second-order valence-corrected chi connectivity index (χ2v) is 8.68. The summed E-state index contributed by atoms with van der Waals surface area (Å²) in [6.45, 7) is 6.06. The number of carbonyl (C=O) groups excluding carboxylic acids is 1. The van der Waals surface area contributed by atoms with Gasteiger partial charge in [0.25, 0.3) is 5.91 Å². The third kappa shape index (κ3) is 4.03. The quantitative estimate of drug-likeness (QED) is 0.494. The molecule has 1 amide bonds. The molecule has 0 unspecified atom stereocenters. The van der Waals surface area contributed by atoms with Crippen molar-refractivity contribution in [2.24, 2.45) is 0 Å². The van der Waals surface area contributed by atoms with E-state index < -0.39 is 0 Å². The average molecular weight is 463 g/mol. The smallest absolute Gasteiger partial charge is 0.330 e. The second-order valence-electron chi connectivity index (χ2n) is 8.68. The molecule has 0 spiro atoms. The van der Waals surface area contributed by atoms with Crippen LogP contribution in [0.3, 0.4) is 0 Å². The maximum atomic E-state index is 14.8. The summed E-state index contributed by atoms with van der Waals surface area (Å²) in [7, 11) is 1.71. The Hall–Kier alpha value is -3.72. The molecule has 8 nitrogen and oxygen atoms in total. The van der Waals surface area contributed by atoms with Gasteiger partial charge in [-0.05, 0) is 48.9 Å². The predicted octanol–water partition coefficient (Wildman–Crippen LogP) is 2.73. The number of nitrogens with zero attached hydrogens (tertiary/aromatic N) is 5. The Bertz CT molecular complexity index is 1420. The van der Waals surface area contributed by atoms with Crippen LogP contribution in [0.1, 0.15) is 22.8 Å². The lowest BCUT2D eigenvalue weighted by molar-refractivity contribution is 0.0802. The molecule has 1 aromatic carbocycles. The molecule has 5 rings (SSSR count). The summed E-state index contributed by atoms with van der Waals surface area (Å²) in [5.41, 5.74) is 3.99. The summed E-state index contributed by atoms with van der Waals surface area (Å²) in [5, 5.41) is 0. The summed E-state index contributed by atoms with van der Waals surface area (Å²) in [6.07, 6.45) is 3.57.